The van der Waals surface area contributed by atoms with E-state index in [1.165, 1.54) is 0 Å². The lowest BCUT2D eigenvalue weighted by atomic mass is 10.3. The summed E-state index contributed by atoms with van der Waals surface area (Å²) in [5, 5.41) is 12.6. The Morgan fingerprint density at radius 1 is 1.50 bits per heavy atom. The first-order valence-corrected chi connectivity index (χ1v) is 4.94. The molecule has 0 aliphatic carbocycles. The number of amides is 2. The van der Waals surface area contributed by atoms with Crippen LogP contribution in [0, 0.1) is 0 Å². The number of carbonyl (C=O) groups excluding carboxylic acids is 2. The van der Waals surface area contributed by atoms with E-state index >= 15 is 0 Å². The molecule has 0 bridgehead atoms. The highest BCUT2D eigenvalue weighted by Crippen LogP contribution is 1.89. The summed E-state index contributed by atoms with van der Waals surface area (Å²) in [6.45, 7) is -1.05. The lowest BCUT2D eigenvalue weighted by molar-refractivity contribution is -0.142. The first-order valence-electron chi connectivity index (χ1n) is 3.90. The van der Waals surface area contributed by atoms with Crippen LogP contribution in [-0.2, 0) is 29.9 Å². The Morgan fingerprint density at radius 3 is 2.56 bits per heavy atom. The van der Waals surface area contributed by atoms with Gasteiger partial charge in [0, 0.05) is 0 Å². The highest BCUT2D eigenvalue weighted by atomic mass is 32.2. The van der Waals surface area contributed by atoms with E-state index < -0.39 is 42.4 Å². The molecule has 0 saturated carbocycles. The molecule has 0 fully saturated rings. The van der Waals surface area contributed by atoms with Gasteiger partial charge in [-0.25, -0.2) is 4.79 Å². The molecule has 0 spiro atoms. The quantitative estimate of drug-likeness (QED) is 0.276. The van der Waals surface area contributed by atoms with E-state index in [1.54, 1.807) is 0 Å². The maximum Gasteiger partial charge on any atom is 0.328 e. The maximum absolute atomic E-state index is 11.0. The van der Waals surface area contributed by atoms with Gasteiger partial charge >= 0.3 is 17.3 Å². The lowest BCUT2D eigenvalue weighted by Gasteiger charge is -2.12. The fraction of sp³-hybridized carbons (Fsp3) is 0.500. The number of aliphatic carboxylic acids is 1. The molecule has 0 radical (unpaired) electrons. The van der Waals surface area contributed by atoms with Crippen molar-refractivity contribution in [2.45, 2.75) is 6.04 Å². The third-order valence-electron chi connectivity index (χ3n) is 1.31. The van der Waals surface area contributed by atoms with Crippen LogP contribution in [-0.4, -0.2) is 51.3 Å². The van der Waals surface area contributed by atoms with Crippen LogP contribution in [0.5, 0.6) is 0 Å². The summed E-state index contributed by atoms with van der Waals surface area (Å²) in [6.07, 6.45) is 0.272. The zero-order chi connectivity index (χ0) is 12.6. The standard InChI is InChI=1S/C6H10N2O7S/c9-3-7-1-5(10)8-4(6(11)12)2-15-16(13)14/h3-4H,1-2H2,(H,7,9)(H,8,10)(H,11,12)(H,13,14). The van der Waals surface area contributed by atoms with Crippen LogP contribution >= 0.6 is 0 Å². The Kier molecular flexibility index (Phi) is 7.00. The molecule has 9 nitrogen and oxygen atoms in total. The maximum atomic E-state index is 11.0. The molecule has 0 aromatic rings. The molecule has 92 valence electrons. The molecule has 0 aromatic carbocycles. The first kappa shape index (κ1) is 14.5. The average molecular weight is 254 g/mol. The van der Waals surface area contributed by atoms with Crippen molar-refractivity contribution in [3.63, 3.8) is 0 Å². The fourth-order valence-corrected chi connectivity index (χ4v) is 0.933. The summed E-state index contributed by atoms with van der Waals surface area (Å²) < 4.78 is 22.5. The summed E-state index contributed by atoms with van der Waals surface area (Å²) in [7, 11) is 0. The van der Waals surface area contributed by atoms with Crippen LogP contribution in [0.4, 0.5) is 0 Å². The molecule has 4 N–H and O–H groups in total. The first-order chi connectivity index (χ1) is 7.47. The van der Waals surface area contributed by atoms with Crippen molar-refractivity contribution in [3.8, 4) is 0 Å². The van der Waals surface area contributed by atoms with Gasteiger partial charge in [0.15, 0.2) is 6.04 Å². The van der Waals surface area contributed by atoms with E-state index in [0.29, 0.717) is 0 Å². The molecule has 2 amide bonds. The molecular weight excluding hydrogens is 244 g/mol. The Morgan fingerprint density at radius 2 is 2.12 bits per heavy atom. The molecule has 0 saturated heterocycles. The summed E-state index contributed by atoms with van der Waals surface area (Å²) >= 11 is -2.61. The topological polar surface area (TPSA) is 142 Å². The second-order valence-corrected chi connectivity index (χ2v) is 3.13. The molecule has 0 aliphatic rings. The van der Waals surface area contributed by atoms with Crippen LogP contribution in [0.15, 0.2) is 0 Å². The SMILES string of the molecule is O=CNCC(=O)NC(COS(=O)O)C(=O)O. The van der Waals surface area contributed by atoms with Crippen molar-refractivity contribution in [3.05, 3.63) is 0 Å². The lowest BCUT2D eigenvalue weighted by Crippen LogP contribution is -2.47. The molecule has 0 heterocycles. The van der Waals surface area contributed by atoms with Crippen LogP contribution in [0.25, 0.3) is 0 Å². The third kappa shape index (κ3) is 6.86. The molecule has 10 heteroatoms. The van der Waals surface area contributed by atoms with Crippen LogP contribution in [0.3, 0.4) is 0 Å². The smallest absolute Gasteiger partial charge is 0.328 e. The van der Waals surface area contributed by atoms with E-state index in [2.05, 4.69) is 4.18 Å². The van der Waals surface area contributed by atoms with E-state index in [4.69, 9.17) is 9.66 Å². The van der Waals surface area contributed by atoms with Crippen molar-refractivity contribution in [1.29, 1.82) is 0 Å². The number of carboxylic acids is 1. The van der Waals surface area contributed by atoms with Gasteiger partial charge in [-0.3, -0.25) is 18.3 Å². The third-order valence-corrected chi connectivity index (χ3v) is 1.65. The van der Waals surface area contributed by atoms with Crippen molar-refractivity contribution >= 4 is 29.6 Å². The summed E-state index contributed by atoms with van der Waals surface area (Å²) in [5.74, 6) is -2.18. The van der Waals surface area contributed by atoms with Gasteiger partial charge in [0.25, 0.3) is 0 Å². The van der Waals surface area contributed by atoms with E-state index in [9.17, 15) is 18.6 Å². The summed E-state index contributed by atoms with van der Waals surface area (Å²) in [5.41, 5.74) is 0. The van der Waals surface area contributed by atoms with Gasteiger partial charge < -0.3 is 15.7 Å². The molecular formula is C6H10N2O7S. The van der Waals surface area contributed by atoms with Crippen molar-refractivity contribution in [2.75, 3.05) is 13.2 Å². The second-order valence-electron chi connectivity index (χ2n) is 2.46. The normalized spacial score (nSPS) is 13.6. The van der Waals surface area contributed by atoms with Crippen molar-refractivity contribution in [2.24, 2.45) is 0 Å². The largest absolute Gasteiger partial charge is 0.480 e. The van der Waals surface area contributed by atoms with Crippen LogP contribution in [0.2, 0.25) is 0 Å². The van der Waals surface area contributed by atoms with Crippen LogP contribution in [0.1, 0.15) is 0 Å². The number of nitrogens with one attached hydrogen (secondary N) is 2. The number of carboxylic acid groups (broad SMARTS) is 1. The van der Waals surface area contributed by atoms with E-state index in [0.717, 1.165) is 0 Å². The van der Waals surface area contributed by atoms with Crippen molar-refractivity contribution < 1.29 is 32.4 Å². The number of rotatable bonds is 8. The fourth-order valence-electron chi connectivity index (χ4n) is 0.681. The van der Waals surface area contributed by atoms with E-state index in [-0.39, 0.29) is 6.41 Å². The van der Waals surface area contributed by atoms with Gasteiger partial charge in [0.05, 0.1) is 13.2 Å². The summed E-state index contributed by atoms with van der Waals surface area (Å²) in [6, 6.07) is -1.46. The van der Waals surface area contributed by atoms with Gasteiger partial charge in [-0.15, -0.1) is 0 Å². The van der Waals surface area contributed by atoms with Gasteiger partial charge in [-0.05, 0) is 0 Å². The highest BCUT2D eigenvalue weighted by molar-refractivity contribution is 7.74. The minimum absolute atomic E-state index is 0.272. The number of carbonyl (C=O) groups is 3. The number of hydrogen-bond donors (Lipinski definition) is 4. The molecule has 0 aliphatic heterocycles. The van der Waals surface area contributed by atoms with Gasteiger partial charge in [-0.1, -0.05) is 0 Å². The van der Waals surface area contributed by atoms with Crippen LogP contribution < -0.4 is 10.6 Å². The Balaban J connectivity index is 4.11. The predicted octanol–water partition coefficient (Wildman–Crippen LogP) is -2.54. The minimum Gasteiger partial charge on any atom is -0.480 e. The second kappa shape index (κ2) is 7.73. The van der Waals surface area contributed by atoms with Crippen molar-refractivity contribution in [1.82, 2.24) is 10.6 Å². The van der Waals surface area contributed by atoms with Gasteiger partial charge in [0.1, 0.15) is 0 Å². The number of hydrogen-bond acceptors (Lipinski definition) is 5. The van der Waals surface area contributed by atoms with Gasteiger partial charge in [-0.2, -0.15) is 4.21 Å². The average Bonchev–Trinajstić information content (AvgIpc) is 2.20. The predicted molar refractivity (Wildman–Crippen MR) is 50.4 cm³/mol. The Hall–Kier alpha value is -1.52. The monoisotopic (exact) mass is 254 g/mol. The highest BCUT2D eigenvalue weighted by Gasteiger charge is 2.20. The molecule has 2 unspecified atom stereocenters. The zero-order valence-electron chi connectivity index (χ0n) is 7.91. The molecule has 0 rings (SSSR count). The zero-order valence-corrected chi connectivity index (χ0v) is 8.73. The molecule has 0 aromatic heterocycles. The van der Waals surface area contributed by atoms with Gasteiger partial charge in [0.2, 0.25) is 12.3 Å². The minimum atomic E-state index is -2.61. The Bertz CT molecular complexity index is 295. The summed E-state index contributed by atoms with van der Waals surface area (Å²) in [4.78, 5) is 31.4. The van der Waals surface area contributed by atoms with E-state index in [1.807, 2.05) is 10.6 Å². The Labute approximate surface area is 92.6 Å². The molecule has 16 heavy (non-hydrogen) atoms. The molecule has 2 atom stereocenters.